The zero-order valence-electron chi connectivity index (χ0n) is 13.6. The topological polar surface area (TPSA) is 74.3 Å². The van der Waals surface area contributed by atoms with Crippen molar-refractivity contribution in [2.75, 3.05) is 32.8 Å². The molecule has 2 aromatic rings. The molecule has 1 N–H and O–H groups in total. The van der Waals surface area contributed by atoms with Gasteiger partial charge in [-0.1, -0.05) is 0 Å². The average Bonchev–Trinajstić information content (AvgIpc) is 3.14. The summed E-state index contributed by atoms with van der Waals surface area (Å²) in [4.78, 5) is 21.1. The Balaban J connectivity index is 1.37. The molecule has 1 saturated heterocycles. The highest BCUT2D eigenvalue weighted by Gasteiger charge is 2.23. The highest BCUT2D eigenvalue weighted by Crippen LogP contribution is 2.26. The molecule has 1 aromatic heterocycles. The van der Waals surface area contributed by atoms with Gasteiger partial charge < -0.3 is 9.64 Å². The second-order valence-electron chi connectivity index (χ2n) is 6.28. The van der Waals surface area contributed by atoms with Gasteiger partial charge in [0.1, 0.15) is 17.9 Å². The van der Waals surface area contributed by atoms with E-state index in [0.717, 1.165) is 74.9 Å². The largest absolute Gasteiger partial charge is 0.493 e. The number of carbonyl (C=O) groups is 1. The Morgan fingerprint density at radius 3 is 2.92 bits per heavy atom. The van der Waals surface area contributed by atoms with Gasteiger partial charge in [-0.3, -0.25) is 14.8 Å². The van der Waals surface area contributed by atoms with Crippen LogP contribution < -0.4 is 4.74 Å². The summed E-state index contributed by atoms with van der Waals surface area (Å²) in [6.07, 6.45) is 3.53. The Bertz CT molecular complexity index is 708. The lowest BCUT2D eigenvalue weighted by molar-refractivity contribution is 0.0625. The number of aromatic nitrogens is 3. The molecule has 1 aromatic carbocycles. The molecule has 3 heterocycles. The molecule has 1 amide bonds. The minimum Gasteiger partial charge on any atom is -0.493 e. The molecule has 2 aliphatic rings. The molecule has 7 heteroatoms. The van der Waals surface area contributed by atoms with E-state index in [4.69, 9.17) is 4.74 Å². The summed E-state index contributed by atoms with van der Waals surface area (Å²) in [7, 11) is 0. The smallest absolute Gasteiger partial charge is 0.253 e. The maximum Gasteiger partial charge on any atom is 0.253 e. The number of nitrogens with one attached hydrogen (secondary N) is 1. The summed E-state index contributed by atoms with van der Waals surface area (Å²) in [6.45, 7) is 4.69. The number of piperazine rings is 1. The first-order valence-electron chi connectivity index (χ1n) is 8.41. The molecular formula is C17H21N5O2. The predicted octanol–water partition coefficient (Wildman–Crippen LogP) is 1.09. The number of hydrogen-bond donors (Lipinski definition) is 1. The number of ether oxygens (including phenoxy) is 1. The highest BCUT2D eigenvalue weighted by atomic mass is 16.5. The van der Waals surface area contributed by atoms with Gasteiger partial charge in [-0.25, -0.2) is 4.98 Å². The monoisotopic (exact) mass is 327 g/mol. The standard InChI is InChI=1S/C17H21N5O2/c23-17(14-3-4-15-13(10-14)2-1-9-24-15)22-7-5-21(6-8-22)11-16-18-12-19-20-16/h3-4,10,12H,1-2,5-9,11H2,(H,18,19,20). The molecule has 126 valence electrons. The van der Waals surface area contributed by atoms with Crippen molar-refractivity contribution in [3.8, 4) is 5.75 Å². The maximum atomic E-state index is 12.7. The zero-order valence-corrected chi connectivity index (χ0v) is 13.6. The molecular weight excluding hydrogens is 306 g/mol. The fourth-order valence-corrected chi connectivity index (χ4v) is 3.30. The summed E-state index contributed by atoms with van der Waals surface area (Å²) in [5, 5.41) is 6.75. The van der Waals surface area contributed by atoms with Crippen LogP contribution in [-0.2, 0) is 13.0 Å². The van der Waals surface area contributed by atoms with Gasteiger partial charge in [-0.05, 0) is 36.6 Å². The molecule has 7 nitrogen and oxygen atoms in total. The fraction of sp³-hybridized carbons (Fsp3) is 0.471. The minimum atomic E-state index is 0.114. The molecule has 0 bridgehead atoms. The SMILES string of the molecule is O=C(c1ccc2c(c1)CCCO2)N1CCN(Cc2ncn[nH]2)CC1. The first-order valence-corrected chi connectivity index (χ1v) is 8.41. The van der Waals surface area contributed by atoms with E-state index in [1.165, 1.54) is 6.33 Å². The van der Waals surface area contributed by atoms with E-state index in [1.54, 1.807) is 0 Å². The Morgan fingerprint density at radius 2 is 2.12 bits per heavy atom. The molecule has 0 atom stereocenters. The van der Waals surface area contributed by atoms with Crippen LogP contribution in [0.3, 0.4) is 0 Å². The van der Waals surface area contributed by atoms with E-state index < -0.39 is 0 Å². The van der Waals surface area contributed by atoms with Gasteiger partial charge in [0, 0.05) is 31.7 Å². The number of nitrogens with zero attached hydrogens (tertiary/aromatic N) is 4. The van der Waals surface area contributed by atoms with Gasteiger partial charge in [0.15, 0.2) is 0 Å². The molecule has 2 aliphatic heterocycles. The molecule has 24 heavy (non-hydrogen) atoms. The number of amides is 1. The summed E-state index contributed by atoms with van der Waals surface area (Å²) in [5.74, 6) is 1.90. The first kappa shape index (κ1) is 15.1. The number of benzene rings is 1. The number of hydrogen-bond acceptors (Lipinski definition) is 5. The summed E-state index contributed by atoms with van der Waals surface area (Å²) < 4.78 is 5.62. The number of aryl methyl sites for hydroxylation is 1. The van der Waals surface area contributed by atoms with Crippen LogP contribution in [-0.4, -0.2) is 63.7 Å². The van der Waals surface area contributed by atoms with Gasteiger partial charge in [0.25, 0.3) is 5.91 Å². The van der Waals surface area contributed by atoms with E-state index >= 15 is 0 Å². The number of fused-ring (bicyclic) bond motifs is 1. The van der Waals surface area contributed by atoms with Crippen LogP contribution in [0.2, 0.25) is 0 Å². The Morgan fingerprint density at radius 1 is 1.25 bits per heavy atom. The van der Waals surface area contributed by atoms with Crippen molar-refractivity contribution in [1.82, 2.24) is 25.0 Å². The van der Waals surface area contributed by atoms with Crippen molar-refractivity contribution in [3.63, 3.8) is 0 Å². The molecule has 0 saturated carbocycles. The van der Waals surface area contributed by atoms with E-state index in [-0.39, 0.29) is 5.91 Å². The van der Waals surface area contributed by atoms with Crippen molar-refractivity contribution < 1.29 is 9.53 Å². The molecule has 0 aliphatic carbocycles. The molecule has 0 spiro atoms. The van der Waals surface area contributed by atoms with Gasteiger partial charge in [0.05, 0.1) is 13.2 Å². The molecule has 1 fully saturated rings. The summed E-state index contributed by atoms with van der Waals surface area (Å²) in [5.41, 5.74) is 1.92. The lowest BCUT2D eigenvalue weighted by atomic mass is 10.0. The molecule has 0 radical (unpaired) electrons. The summed E-state index contributed by atoms with van der Waals surface area (Å²) >= 11 is 0. The lowest BCUT2D eigenvalue weighted by Gasteiger charge is -2.34. The highest BCUT2D eigenvalue weighted by molar-refractivity contribution is 5.94. The quantitative estimate of drug-likeness (QED) is 0.913. The van der Waals surface area contributed by atoms with Crippen molar-refractivity contribution in [3.05, 3.63) is 41.5 Å². The van der Waals surface area contributed by atoms with Crippen LogP contribution >= 0.6 is 0 Å². The number of H-pyrrole nitrogens is 1. The van der Waals surface area contributed by atoms with E-state index in [0.29, 0.717) is 0 Å². The van der Waals surface area contributed by atoms with Gasteiger partial charge >= 0.3 is 0 Å². The van der Waals surface area contributed by atoms with Crippen LogP contribution in [0, 0.1) is 0 Å². The lowest BCUT2D eigenvalue weighted by Crippen LogP contribution is -2.48. The second-order valence-corrected chi connectivity index (χ2v) is 6.28. The van der Waals surface area contributed by atoms with Crippen molar-refractivity contribution >= 4 is 5.91 Å². The fourth-order valence-electron chi connectivity index (χ4n) is 3.30. The van der Waals surface area contributed by atoms with Gasteiger partial charge in [-0.15, -0.1) is 0 Å². The molecule has 0 unspecified atom stereocenters. The first-order chi connectivity index (χ1) is 11.8. The average molecular weight is 327 g/mol. The number of carbonyl (C=O) groups excluding carboxylic acids is 1. The van der Waals surface area contributed by atoms with Crippen LogP contribution in [0.5, 0.6) is 5.75 Å². The van der Waals surface area contributed by atoms with Crippen molar-refractivity contribution in [2.24, 2.45) is 0 Å². The third-order valence-electron chi connectivity index (χ3n) is 4.65. The van der Waals surface area contributed by atoms with Crippen LogP contribution in [0.15, 0.2) is 24.5 Å². The Labute approximate surface area is 140 Å². The third-order valence-corrected chi connectivity index (χ3v) is 4.65. The summed E-state index contributed by atoms with van der Waals surface area (Å²) in [6, 6.07) is 5.81. The third kappa shape index (κ3) is 3.12. The maximum absolute atomic E-state index is 12.7. The second kappa shape index (κ2) is 6.60. The van der Waals surface area contributed by atoms with Crippen LogP contribution in [0.4, 0.5) is 0 Å². The van der Waals surface area contributed by atoms with Gasteiger partial charge in [0.2, 0.25) is 0 Å². The van der Waals surface area contributed by atoms with E-state index in [9.17, 15) is 4.79 Å². The van der Waals surface area contributed by atoms with E-state index in [2.05, 4.69) is 20.1 Å². The van der Waals surface area contributed by atoms with E-state index in [1.807, 2.05) is 23.1 Å². The van der Waals surface area contributed by atoms with Gasteiger partial charge in [-0.2, -0.15) is 5.10 Å². The predicted molar refractivity (Wildman–Crippen MR) is 87.8 cm³/mol. The zero-order chi connectivity index (χ0) is 16.4. The Kier molecular flexibility index (Phi) is 4.17. The van der Waals surface area contributed by atoms with Crippen LogP contribution in [0.25, 0.3) is 0 Å². The van der Waals surface area contributed by atoms with Crippen molar-refractivity contribution in [1.29, 1.82) is 0 Å². The number of rotatable bonds is 3. The Hall–Kier alpha value is -2.41. The molecule has 4 rings (SSSR count). The minimum absolute atomic E-state index is 0.114. The van der Waals surface area contributed by atoms with Crippen molar-refractivity contribution in [2.45, 2.75) is 19.4 Å². The van der Waals surface area contributed by atoms with Crippen LogP contribution in [0.1, 0.15) is 28.2 Å². The number of aromatic amines is 1. The normalized spacial score (nSPS) is 18.1.